The van der Waals surface area contributed by atoms with Crippen molar-refractivity contribution in [1.29, 1.82) is 0 Å². The second-order valence-electron chi connectivity index (χ2n) is 7.73. The summed E-state index contributed by atoms with van der Waals surface area (Å²) in [5.74, 6) is -4.94. The Morgan fingerprint density at radius 2 is 1.56 bits per heavy atom. The third-order valence-corrected chi connectivity index (χ3v) is 4.98. The first-order valence-electron chi connectivity index (χ1n) is 10.4. The van der Waals surface area contributed by atoms with Crippen LogP contribution in [0.4, 0.5) is 0 Å². The number of para-hydroxylation sites is 1. The lowest BCUT2D eigenvalue weighted by Crippen LogP contribution is -2.58. The van der Waals surface area contributed by atoms with E-state index in [9.17, 15) is 24.0 Å². The van der Waals surface area contributed by atoms with Crippen LogP contribution in [0.3, 0.4) is 0 Å². The number of carbonyl (C=O) groups is 5. The van der Waals surface area contributed by atoms with Crippen LogP contribution in [0.2, 0.25) is 0 Å². The Bertz CT molecular complexity index is 1070. The Morgan fingerprint density at radius 3 is 2.15 bits per heavy atom. The molecule has 0 aliphatic heterocycles. The van der Waals surface area contributed by atoms with Crippen LogP contribution in [0.15, 0.2) is 30.5 Å². The normalized spacial score (nSPS) is 14.4. The highest BCUT2D eigenvalue weighted by atomic mass is 16.4. The average Bonchev–Trinajstić information content (AvgIpc) is 3.18. The maximum Gasteiger partial charge on any atom is 0.328 e. The number of aromatic amines is 1. The zero-order chi connectivity index (χ0) is 25.4. The number of aromatic nitrogens is 1. The van der Waals surface area contributed by atoms with Gasteiger partial charge in [0.25, 0.3) is 0 Å². The lowest BCUT2D eigenvalue weighted by Gasteiger charge is -2.24. The molecule has 1 aromatic carbocycles. The van der Waals surface area contributed by atoms with Crippen molar-refractivity contribution >= 4 is 40.5 Å². The molecule has 2 rings (SSSR count). The summed E-state index contributed by atoms with van der Waals surface area (Å²) >= 11 is 0. The maximum absolute atomic E-state index is 13.1. The molecule has 0 aliphatic carbocycles. The van der Waals surface area contributed by atoms with Crippen molar-refractivity contribution in [2.45, 2.75) is 43.9 Å². The second-order valence-corrected chi connectivity index (χ2v) is 7.73. The lowest BCUT2D eigenvalue weighted by molar-refractivity contribution is -0.143. The Labute approximate surface area is 194 Å². The van der Waals surface area contributed by atoms with Crippen LogP contribution in [0.25, 0.3) is 10.9 Å². The van der Waals surface area contributed by atoms with Gasteiger partial charge in [-0.1, -0.05) is 18.2 Å². The molecule has 4 atom stereocenters. The number of rotatable bonds is 12. The van der Waals surface area contributed by atoms with Gasteiger partial charge in [0, 0.05) is 23.5 Å². The van der Waals surface area contributed by atoms with Crippen molar-refractivity contribution in [2.75, 3.05) is 6.61 Å². The van der Waals surface area contributed by atoms with Gasteiger partial charge in [0.15, 0.2) is 0 Å². The summed E-state index contributed by atoms with van der Waals surface area (Å²) in [6.07, 6.45) is 1.05. The molecule has 1 aromatic heterocycles. The summed E-state index contributed by atoms with van der Waals surface area (Å²) in [6, 6.07) is 1.99. The highest BCUT2D eigenvalue weighted by Crippen LogP contribution is 2.19. The number of aliphatic carboxylic acids is 1. The van der Waals surface area contributed by atoms with E-state index >= 15 is 0 Å². The monoisotopic (exact) mass is 476 g/mol. The summed E-state index contributed by atoms with van der Waals surface area (Å²) in [5, 5.41) is 25.8. The van der Waals surface area contributed by atoms with E-state index in [1.807, 2.05) is 29.6 Å². The number of amides is 4. The predicted molar refractivity (Wildman–Crippen MR) is 120 cm³/mol. The van der Waals surface area contributed by atoms with E-state index in [1.165, 1.54) is 6.92 Å². The Morgan fingerprint density at radius 1 is 0.971 bits per heavy atom. The number of H-pyrrole nitrogens is 1. The highest BCUT2D eigenvalue weighted by molar-refractivity contribution is 5.96. The molecule has 1 heterocycles. The minimum Gasteiger partial charge on any atom is -0.480 e. The second kappa shape index (κ2) is 11.8. The first-order chi connectivity index (χ1) is 16.0. The van der Waals surface area contributed by atoms with Gasteiger partial charge in [-0.15, -0.1) is 0 Å². The van der Waals surface area contributed by atoms with Crippen LogP contribution >= 0.6 is 0 Å². The molecule has 0 unspecified atom stereocenters. The molecule has 34 heavy (non-hydrogen) atoms. The van der Waals surface area contributed by atoms with Gasteiger partial charge in [0.05, 0.1) is 19.1 Å². The summed E-state index contributed by atoms with van der Waals surface area (Å²) in [6.45, 7) is 0.520. The van der Waals surface area contributed by atoms with Gasteiger partial charge in [-0.25, -0.2) is 4.79 Å². The molecule has 4 amide bonds. The van der Waals surface area contributed by atoms with Crippen molar-refractivity contribution in [2.24, 2.45) is 11.5 Å². The molecule has 2 aromatic rings. The van der Waals surface area contributed by atoms with E-state index in [1.54, 1.807) is 6.20 Å². The molecule has 0 saturated carbocycles. The Kier molecular flexibility index (Phi) is 9.10. The minimum atomic E-state index is -1.65. The van der Waals surface area contributed by atoms with E-state index in [2.05, 4.69) is 15.6 Å². The van der Waals surface area contributed by atoms with Crippen LogP contribution in [0, 0.1) is 0 Å². The molecule has 13 nitrogen and oxygen atoms in total. The van der Waals surface area contributed by atoms with Crippen molar-refractivity contribution in [3.8, 4) is 0 Å². The average molecular weight is 476 g/mol. The standard InChI is InChI=1S/C21H28N6O7/c1-10(22)18(30)25-14(6-11-8-24-13-5-3-2-4-12(11)13)19(31)26-15(7-17(23)29)20(32)27-16(9-28)21(33)34/h2-5,8,10,14-16,24,28H,6-7,9,22H2,1H3,(H2,23,29)(H,25,30)(H,26,31)(H,27,32)(H,33,34)/t10-,14-,15-,16-/m0/s1. The number of carboxylic acids is 1. The van der Waals surface area contributed by atoms with Crippen molar-refractivity contribution in [3.05, 3.63) is 36.0 Å². The smallest absolute Gasteiger partial charge is 0.328 e. The number of nitrogens with two attached hydrogens (primary N) is 2. The zero-order valence-electron chi connectivity index (χ0n) is 18.4. The molecule has 0 radical (unpaired) electrons. The third kappa shape index (κ3) is 7.02. The van der Waals surface area contributed by atoms with Crippen LogP contribution in [0.1, 0.15) is 18.9 Å². The number of nitrogens with one attached hydrogen (secondary N) is 4. The molecule has 0 spiro atoms. The quantitative estimate of drug-likeness (QED) is 0.162. The molecule has 0 saturated heterocycles. The molecule has 0 fully saturated rings. The van der Waals surface area contributed by atoms with E-state index in [0.717, 1.165) is 10.9 Å². The molecule has 10 N–H and O–H groups in total. The van der Waals surface area contributed by atoms with Crippen LogP contribution < -0.4 is 27.4 Å². The number of hydrogen-bond acceptors (Lipinski definition) is 7. The van der Waals surface area contributed by atoms with E-state index in [4.69, 9.17) is 21.7 Å². The molecule has 184 valence electrons. The highest BCUT2D eigenvalue weighted by Gasteiger charge is 2.31. The van der Waals surface area contributed by atoms with Gasteiger partial charge in [-0.3, -0.25) is 19.2 Å². The maximum atomic E-state index is 13.1. The van der Waals surface area contributed by atoms with Crippen molar-refractivity contribution in [3.63, 3.8) is 0 Å². The van der Waals surface area contributed by atoms with Gasteiger partial charge in [0.1, 0.15) is 18.1 Å². The largest absolute Gasteiger partial charge is 0.480 e. The first-order valence-corrected chi connectivity index (χ1v) is 10.4. The molecular formula is C21H28N6O7. The first kappa shape index (κ1) is 26.3. The van der Waals surface area contributed by atoms with Crippen molar-refractivity contribution in [1.82, 2.24) is 20.9 Å². The Hall–Kier alpha value is -3.97. The number of aliphatic hydroxyl groups excluding tert-OH is 1. The number of primary amides is 1. The molecular weight excluding hydrogens is 448 g/mol. The van der Waals surface area contributed by atoms with E-state index < -0.39 is 66.8 Å². The Balaban J connectivity index is 2.27. The topological polar surface area (TPSA) is 230 Å². The van der Waals surface area contributed by atoms with Crippen LogP contribution in [-0.2, 0) is 30.4 Å². The SMILES string of the molecule is C[C@H](N)C(=O)N[C@@H](Cc1c[nH]c2ccccc12)C(=O)N[C@@H](CC(N)=O)C(=O)N[C@@H](CO)C(=O)O. The molecule has 0 bridgehead atoms. The van der Waals surface area contributed by atoms with Gasteiger partial charge in [-0.05, 0) is 18.6 Å². The van der Waals surface area contributed by atoms with E-state index in [0.29, 0.717) is 5.56 Å². The molecule has 0 aliphatic rings. The van der Waals surface area contributed by atoms with Gasteiger partial charge in [-0.2, -0.15) is 0 Å². The minimum absolute atomic E-state index is 0.0214. The summed E-state index contributed by atoms with van der Waals surface area (Å²) in [4.78, 5) is 63.4. The molecule has 13 heteroatoms. The lowest BCUT2D eigenvalue weighted by atomic mass is 10.0. The van der Waals surface area contributed by atoms with Gasteiger partial charge in [0.2, 0.25) is 23.6 Å². The number of carboxylic acid groups (broad SMARTS) is 1. The van der Waals surface area contributed by atoms with Crippen LogP contribution in [0.5, 0.6) is 0 Å². The van der Waals surface area contributed by atoms with E-state index in [-0.39, 0.29) is 6.42 Å². The fraction of sp³-hybridized carbons (Fsp3) is 0.381. The third-order valence-electron chi connectivity index (χ3n) is 4.98. The fourth-order valence-electron chi connectivity index (χ4n) is 3.17. The van der Waals surface area contributed by atoms with Crippen LogP contribution in [-0.4, -0.2) is 75.6 Å². The zero-order valence-corrected chi connectivity index (χ0v) is 18.4. The number of aliphatic hydroxyl groups is 1. The number of hydrogen-bond donors (Lipinski definition) is 8. The number of carbonyl (C=O) groups excluding carboxylic acids is 4. The van der Waals surface area contributed by atoms with Gasteiger partial charge >= 0.3 is 5.97 Å². The predicted octanol–water partition coefficient (Wildman–Crippen LogP) is -2.54. The summed E-state index contributed by atoms with van der Waals surface area (Å²) < 4.78 is 0. The number of fused-ring (bicyclic) bond motifs is 1. The van der Waals surface area contributed by atoms with Gasteiger partial charge < -0.3 is 42.6 Å². The fourth-order valence-corrected chi connectivity index (χ4v) is 3.17. The van der Waals surface area contributed by atoms with Crippen molar-refractivity contribution < 1.29 is 34.2 Å². The summed E-state index contributed by atoms with van der Waals surface area (Å²) in [7, 11) is 0. The summed E-state index contributed by atoms with van der Waals surface area (Å²) in [5.41, 5.74) is 12.3. The number of benzene rings is 1.